The van der Waals surface area contributed by atoms with Crippen LogP contribution in [0.25, 0.3) is 0 Å². The van der Waals surface area contributed by atoms with E-state index in [4.69, 9.17) is 4.74 Å². The Balaban J connectivity index is 1.97. The zero-order chi connectivity index (χ0) is 18.7. The van der Waals surface area contributed by atoms with Gasteiger partial charge in [-0.15, -0.1) is 0 Å². The van der Waals surface area contributed by atoms with E-state index in [1.807, 2.05) is 19.1 Å². The molecule has 0 bridgehead atoms. The van der Waals surface area contributed by atoms with Crippen LogP contribution in [-0.2, 0) is 9.59 Å². The lowest BCUT2D eigenvalue weighted by molar-refractivity contribution is -0.148. The highest BCUT2D eigenvalue weighted by atomic mass is 79.9. The van der Waals surface area contributed by atoms with Gasteiger partial charge in [0.05, 0.1) is 5.41 Å². The number of ketones is 2. The predicted molar refractivity (Wildman–Crippen MR) is 99.1 cm³/mol. The molecular formula is C21H17BrO4. The fourth-order valence-corrected chi connectivity index (χ4v) is 5.19. The lowest BCUT2D eigenvalue weighted by Gasteiger charge is -2.22. The normalized spacial score (nSPS) is 28.6. The van der Waals surface area contributed by atoms with Gasteiger partial charge in [-0.05, 0) is 31.5 Å². The number of ether oxygens (including phenoxy) is 1. The van der Waals surface area contributed by atoms with Gasteiger partial charge in [-0.1, -0.05) is 53.2 Å². The molecule has 0 amide bonds. The monoisotopic (exact) mass is 412 g/mol. The number of carbonyl (C=O) groups is 3. The van der Waals surface area contributed by atoms with E-state index in [9.17, 15) is 14.4 Å². The average Bonchev–Trinajstić information content (AvgIpc) is 3.30. The molecule has 26 heavy (non-hydrogen) atoms. The second-order valence-electron chi connectivity index (χ2n) is 6.89. The van der Waals surface area contributed by atoms with Gasteiger partial charge in [0.15, 0.2) is 5.78 Å². The Bertz CT molecular complexity index is 952. The molecule has 5 heteroatoms. The zero-order valence-corrected chi connectivity index (χ0v) is 16.0. The van der Waals surface area contributed by atoms with Gasteiger partial charge in [-0.2, -0.15) is 0 Å². The highest BCUT2D eigenvalue weighted by Gasteiger charge is 2.87. The Kier molecular flexibility index (Phi) is 3.70. The molecule has 3 atom stereocenters. The SMILES string of the molecule is CC[C@]1(C(=O)c2ccccc2)[C@@H]2c3cc(Br)ccc3OC(=O)[C@]21C(C)=O. The summed E-state index contributed by atoms with van der Waals surface area (Å²) in [5, 5.41) is 0. The van der Waals surface area contributed by atoms with Gasteiger partial charge < -0.3 is 4.74 Å². The molecule has 2 aromatic rings. The summed E-state index contributed by atoms with van der Waals surface area (Å²) in [6.07, 6.45) is 0.381. The summed E-state index contributed by atoms with van der Waals surface area (Å²) in [6, 6.07) is 14.2. The van der Waals surface area contributed by atoms with Crippen LogP contribution in [0.1, 0.15) is 42.1 Å². The molecule has 0 aromatic heterocycles. The number of hydrogen-bond donors (Lipinski definition) is 0. The predicted octanol–water partition coefficient (Wildman–Crippen LogP) is 4.32. The smallest absolute Gasteiger partial charge is 0.326 e. The van der Waals surface area contributed by atoms with Crippen LogP contribution in [0, 0.1) is 10.8 Å². The summed E-state index contributed by atoms with van der Waals surface area (Å²) >= 11 is 3.44. The van der Waals surface area contributed by atoms with Gasteiger partial charge >= 0.3 is 5.97 Å². The van der Waals surface area contributed by atoms with E-state index in [0.717, 1.165) is 10.0 Å². The van der Waals surface area contributed by atoms with Crippen molar-refractivity contribution in [3.8, 4) is 5.75 Å². The Morgan fingerprint density at radius 2 is 1.85 bits per heavy atom. The van der Waals surface area contributed by atoms with Gasteiger partial charge in [0.1, 0.15) is 16.9 Å². The number of hydrogen-bond acceptors (Lipinski definition) is 4. The molecule has 1 saturated carbocycles. The Morgan fingerprint density at radius 3 is 2.46 bits per heavy atom. The lowest BCUT2D eigenvalue weighted by Crippen LogP contribution is -2.38. The third-order valence-electron chi connectivity index (χ3n) is 5.91. The number of benzene rings is 2. The first-order valence-corrected chi connectivity index (χ1v) is 9.33. The van der Waals surface area contributed by atoms with E-state index >= 15 is 0 Å². The summed E-state index contributed by atoms with van der Waals surface area (Å²) in [6.45, 7) is 3.24. The second-order valence-corrected chi connectivity index (χ2v) is 7.80. The van der Waals surface area contributed by atoms with Crippen LogP contribution in [0.3, 0.4) is 0 Å². The van der Waals surface area contributed by atoms with Gasteiger partial charge in [-0.25, -0.2) is 0 Å². The van der Waals surface area contributed by atoms with Crippen molar-refractivity contribution < 1.29 is 19.1 Å². The standard InChI is InChI=1S/C21H17BrO4/c1-3-20(18(24)13-7-5-4-6-8-13)17-15-11-14(22)9-10-16(15)26-19(25)21(17,20)12(2)23/h4-11,17H,3H2,1-2H3/t17-,20+,21-/m0/s1. The van der Waals surface area contributed by atoms with Crippen LogP contribution in [0.4, 0.5) is 0 Å². The molecule has 4 nitrogen and oxygen atoms in total. The van der Waals surface area contributed by atoms with Crippen molar-refractivity contribution in [1.29, 1.82) is 0 Å². The molecule has 2 aliphatic rings. The second kappa shape index (κ2) is 5.61. The lowest BCUT2D eigenvalue weighted by atomic mass is 9.81. The number of rotatable bonds is 4. The molecule has 132 valence electrons. The molecule has 1 heterocycles. The van der Waals surface area contributed by atoms with E-state index in [1.54, 1.807) is 36.4 Å². The Morgan fingerprint density at radius 1 is 1.15 bits per heavy atom. The van der Waals surface area contributed by atoms with Crippen molar-refractivity contribution in [3.63, 3.8) is 0 Å². The maximum atomic E-state index is 13.5. The largest absolute Gasteiger partial charge is 0.425 e. The van der Waals surface area contributed by atoms with Crippen molar-refractivity contribution in [3.05, 3.63) is 64.1 Å². The van der Waals surface area contributed by atoms with Crippen LogP contribution < -0.4 is 4.74 Å². The minimum absolute atomic E-state index is 0.175. The van der Waals surface area contributed by atoms with Crippen molar-refractivity contribution in [2.45, 2.75) is 26.2 Å². The van der Waals surface area contributed by atoms with Gasteiger partial charge in [-0.3, -0.25) is 14.4 Å². The fraction of sp³-hybridized carbons (Fsp3) is 0.286. The first kappa shape index (κ1) is 17.2. The molecule has 4 rings (SSSR count). The minimum atomic E-state index is -1.44. The summed E-state index contributed by atoms with van der Waals surface area (Å²) in [7, 11) is 0. The zero-order valence-electron chi connectivity index (χ0n) is 14.4. The number of Topliss-reactive ketones (excluding diaryl/α,β-unsaturated/α-hetero) is 2. The van der Waals surface area contributed by atoms with E-state index < -0.39 is 22.7 Å². The third-order valence-corrected chi connectivity index (χ3v) is 6.40. The van der Waals surface area contributed by atoms with Crippen LogP contribution in [0.2, 0.25) is 0 Å². The molecule has 2 aromatic carbocycles. The van der Waals surface area contributed by atoms with Crippen LogP contribution in [0.15, 0.2) is 53.0 Å². The first-order chi connectivity index (χ1) is 12.4. The van der Waals surface area contributed by atoms with Crippen LogP contribution in [0.5, 0.6) is 5.75 Å². The van der Waals surface area contributed by atoms with Gasteiger partial charge in [0, 0.05) is 21.5 Å². The molecule has 1 aliphatic heterocycles. The van der Waals surface area contributed by atoms with E-state index in [2.05, 4.69) is 15.9 Å². The van der Waals surface area contributed by atoms with E-state index in [-0.39, 0.29) is 11.6 Å². The first-order valence-electron chi connectivity index (χ1n) is 8.54. The summed E-state index contributed by atoms with van der Waals surface area (Å²) in [5.41, 5.74) is -1.31. The topological polar surface area (TPSA) is 60.4 Å². The van der Waals surface area contributed by atoms with Crippen molar-refractivity contribution in [2.75, 3.05) is 0 Å². The van der Waals surface area contributed by atoms with Crippen LogP contribution in [-0.4, -0.2) is 17.5 Å². The summed E-state index contributed by atoms with van der Waals surface area (Å²) in [5.74, 6) is -1.18. The quantitative estimate of drug-likeness (QED) is 0.324. The van der Waals surface area contributed by atoms with Crippen molar-refractivity contribution in [1.82, 2.24) is 0 Å². The molecule has 0 saturated heterocycles. The van der Waals surface area contributed by atoms with Gasteiger partial charge in [0.25, 0.3) is 0 Å². The average molecular weight is 413 g/mol. The fourth-order valence-electron chi connectivity index (χ4n) is 4.81. The summed E-state index contributed by atoms with van der Waals surface area (Å²) < 4.78 is 6.33. The van der Waals surface area contributed by atoms with E-state index in [0.29, 0.717) is 17.7 Å². The minimum Gasteiger partial charge on any atom is -0.425 e. The molecule has 0 unspecified atom stereocenters. The number of fused-ring (bicyclic) bond motifs is 3. The maximum absolute atomic E-state index is 13.5. The van der Waals surface area contributed by atoms with Crippen molar-refractivity contribution in [2.24, 2.45) is 10.8 Å². The number of carbonyl (C=O) groups excluding carboxylic acids is 3. The Hall–Kier alpha value is -2.27. The van der Waals surface area contributed by atoms with E-state index in [1.165, 1.54) is 6.92 Å². The molecule has 0 spiro atoms. The highest BCUT2D eigenvalue weighted by molar-refractivity contribution is 9.10. The third kappa shape index (κ3) is 1.87. The highest BCUT2D eigenvalue weighted by Crippen LogP contribution is 2.80. The molecule has 0 N–H and O–H groups in total. The van der Waals surface area contributed by atoms with Gasteiger partial charge in [0.2, 0.25) is 0 Å². The number of esters is 1. The van der Waals surface area contributed by atoms with Crippen molar-refractivity contribution >= 4 is 33.5 Å². The summed E-state index contributed by atoms with van der Waals surface area (Å²) in [4.78, 5) is 39.2. The number of halogens is 1. The molecular weight excluding hydrogens is 396 g/mol. The molecule has 1 aliphatic carbocycles. The maximum Gasteiger partial charge on any atom is 0.326 e. The molecule has 1 fully saturated rings. The molecule has 0 radical (unpaired) electrons. The van der Waals surface area contributed by atoms with Crippen LogP contribution >= 0.6 is 15.9 Å². The Labute approximate surface area is 159 Å².